The van der Waals surface area contributed by atoms with Crippen LogP contribution in [-0.2, 0) is 11.2 Å². The molecule has 4 rings (SSSR count). The van der Waals surface area contributed by atoms with Crippen LogP contribution in [0.1, 0.15) is 16.7 Å². The normalized spacial score (nSPS) is 17.1. The summed E-state index contributed by atoms with van der Waals surface area (Å²) in [4.78, 5) is 25.5. The summed E-state index contributed by atoms with van der Waals surface area (Å²) in [6.07, 6.45) is 2.79. The molecule has 5 heteroatoms. The van der Waals surface area contributed by atoms with E-state index in [1.54, 1.807) is 6.08 Å². The standard InChI is InChI=1S/C21H16N2O2S/c24-20-19(26-21(25)22-20)14-16-9-7-15(8-10-16)4-3-12-23-13-11-17-5-1-2-6-18(17)23/h1-2,5-10,14H,11-13H2,(H,22,24,25). The molecule has 1 N–H and O–H groups in total. The maximum absolute atomic E-state index is 11.6. The molecule has 26 heavy (non-hydrogen) atoms. The van der Waals surface area contributed by atoms with E-state index in [0.717, 1.165) is 35.9 Å². The third kappa shape index (κ3) is 3.51. The second-order valence-corrected chi connectivity index (χ2v) is 7.09. The number of para-hydroxylation sites is 1. The van der Waals surface area contributed by atoms with Gasteiger partial charge >= 0.3 is 0 Å². The van der Waals surface area contributed by atoms with Crippen LogP contribution in [0.2, 0.25) is 0 Å². The highest BCUT2D eigenvalue weighted by Gasteiger charge is 2.24. The second kappa shape index (κ2) is 7.11. The maximum atomic E-state index is 11.6. The molecular weight excluding hydrogens is 344 g/mol. The fourth-order valence-electron chi connectivity index (χ4n) is 3.04. The largest absolute Gasteiger partial charge is 0.360 e. The molecule has 128 valence electrons. The van der Waals surface area contributed by atoms with E-state index >= 15 is 0 Å². The number of rotatable bonds is 2. The van der Waals surface area contributed by atoms with E-state index in [1.807, 2.05) is 24.3 Å². The first-order chi connectivity index (χ1) is 12.7. The summed E-state index contributed by atoms with van der Waals surface area (Å²) in [5.74, 6) is 6.09. The molecule has 1 saturated heterocycles. The first-order valence-electron chi connectivity index (χ1n) is 8.36. The van der Waals surface area contributed by atoms with Crippen LogP contribution in [0.25, 0.3) is 6.08 Å². The summed E-state index contributed by atoms with van der Waals surface area (Å²) >= 11 is 0.923. The fourth-order valence-corrected chi connectivity index (χ4v) is 3.73. The van der Waals surface area contributed by atoms with Crippen molar-refractivity contribution < 1.29 is 9.59 Å². The molecule has 2 heterocycles. The highest BCUT2D eigenvalue weighted by Crippen LogP contribution is 2.27. The number of hydrogen-bond donors (Lipinski definition) is 1. The van der Waals surface area contributed by atoms with Gasteiger partial charge in [0.05, 0.1) is 11.4 Å². The first kappa shape index (κ1) is 16.5. The lowest BCUT2D eigenvalue weighted by Gasteiger charge is -2.15. The molecule has 4 nitrogen and oxygen atoms in total. The summed E-state index contributed by atoms with van der Waals surface area (Å²) in [6.45, 7) is 1.72. The number of benzene rings is 2. The van der Waals surface area contributed by atoms with Crippen LogP contribution in [0.4, 0.5) is 10.5 Å². The van der Waals surface area contributed by atoms with Crippen molar-refractivity contribution in [2.24, 2.45) is 0 Å². The minimum absolute atomic E-state index is 0.327. The molecule has 1 fully saturated rings. The van der Waals surface area contributed by atoms with Crippen LogP contribution in [0.15, 0.2) is 53.4 Å². The van der Waals surface area contributed by atoms with Crippen molar-refractivity contribution in [3.63, 3.8) is 0 Å². The predicted octanol–water partition coefficient (Wildman–Crippen LogP) is 3.42. The SMILES string of the molecule is O=C1NC(=O)C(=Cc2ccc(C#CCN3CCc4ccccc43)cc2)S1. The quantitative estimate of drug-likeness (QED) is 0.659. The van der Waals surface area contributed by atoms with Gasteiger partial charge < -0.3 is 4.90 Å². The van der Waals surface area contributed by atoms with Crippen LogP contribution in [0.5, 0.6) is 0 Å². The Hall–Kier alpha value is -2.97. The number of imide groups is 1. The number of amides is 2. The molecule has 2 aromatic rings. The number of nitrogens with zero attached hydrogens (tertiary/aromatic N) is 1. The van der Waals surface area contributed by atoms with Crippen molar-refractivity contribution in [3.05, 3.63) is 70.1 Å². The molecule has 2 aromatic carbocycles. The van der Waals surface area contributed by atoms with Gasteiger partial charge in [0.25, 0.3) is 11.1 Å². The van der Waals surface area contributed by atoms with E-state index in [1.165, 1.54) is 11.3 Å². The van der Waals surface area contributed by atoms with E-state index in [9.17, 15) is 9.59 Å². The van der Waals surface area contributed by atoms with E-state index < -0.39 is 0 Å². The van der Waals surface area contributed by atoms with Gasteiger partial charge in [-0.05, 0) is 53.6 Å². The molecule has 0 bridgehead atoms. The second-order valence-electron chi connectivity index (χ2n) is 6.08. The predicted molar refractivity (Wildman–Crippen MR) is 105 cm³/mol. The highest BCUT2D eigenvalue weighted by atomic mass is 32.2. The van der Waals surface area contributed by atoms with Gasteiger partial charge in [0.1, 0.15) is 0 Å². The first-order valence-corrected chi connectivity index (χ1v) is 9.17. The summed E-state index contributed by atoms with van der Waals surface area (Å²) in [6, 6.07) is 16.1. The van der Waals surface area contributed by atoms with Gasteiger partial charge in [0.15, 0.2) is 0 Å². The molecule has 2 aliphatic heterocycles. The van der Waals surface area contributed by atoms with Gasteiger partial charge in [-0.2, -0.15) is 0 Å². The lowest BCUT2D eigenvalue weighted by atomic mass is 10.1. The van der Waals surface area contributed by atoms with Crippen molar-refractivity contribution in [2.75, 3.05) is 18.0 Å². The van der Waals surface area contributed by atoms with Crippen LogP contribution < -0.4 is 10.2 Å². The molecule has 0 radical (unpaired) electrons. The number of hydrogen-bond acceptors (Lipinski definition) is 4. The average molecular weight is 360 g/mol. The van der Waals surface area contributed by atoms with E-state index in [-0.39, 0.29) is 11.1 Å². The topological polar surface area (TPSA) is 49.4 Å². The van der Waals surface area contributed by atoms with Crippen LogP contribution in [0, 0.1) is 11.8 Å². The maximum Gasteiger partial charge on any atom is 0.290 e. The van der Waals surface area contributed by atoms with Gasteiger partial charge in [0, 0.05) is 17.8 Å². The van der Waals surface area contributed by atoms with E-state index in [0.29, 0.717) is 11.4 Å². The van der Waals surface area contributed by atoms with Gasteiger partial charge in [-0.1, -0.05) is 42.2 Å². The number of anilines is 1. The molecule has 2 amide bonds. The Morgan fingerprint density at radius 1 is 1.12 bits per heavy atom. The van der Waals surface area contributed by atoms with Crippen LogP contribution in [-0.4, -0.2) is 24.2 Å². The Balaban J connectivity index is 1.41. The van der Waals surface area contributed by atoms with Crippen molar-refractivity contribution in [1.29, 1.82) is 0 Å². The summed E-state index contributed by atoms with van der Waals surface area (Å²) < 4.78 is 0. The lowest BCUT2D eigenvalue weighted by Crippen LogP contribution is -2.20. The minimum Gasteiger partial charge on any atom is -0.360 e. The van der Waals surface area contributed by atoms with Crippen LogP contribution in [0.3, 0.4) is 0 Å². The van der Waals surface area contributed by atoms with Crippen LogP contribution >= 0.6 is 11.8 Å². The molecule has 0 saturated carbocycles. The van der Waals surface area contributed by atoms with Crippen molar-refractivity contribution in [1.82, 2.24) is 5.32 Å². The summed E-state index contributed by atoms with van der Waals surface area (Å²) in [5, 5.41) is 1.92. The Labute approximate surface area is 156 Å². The van der Waals surface area contributed by atoms with Gasteiger partial charge in [-0.25, -0.2) is 0 Å². The van der Waals surface area contributed by atoms with Gasteiger partial charge in [0.2, 0.25) is 0 Å². The van der Waals surface area contributed by atoms with Crippen molar-refractivity contribution in [3.8, 4) is 11.8 Å². The summed E-state index contributed by atoms with van der Waals surface area (Å²) in [5.41, 5.74) is 4.47. The minimum atomic E-state index is -0.338. The fraction of sp³-hybridized carbons (Fsp3) is 0.143. The Kier molecular flexibility index (Phi) is 4.51. The smallest absolute Gasteiger partial charge is 0.290 e. The van der Waals surface area contributed by atoms with Gasteiger partial charge in [-0.3, -0.25) is 14.9 Å². The average Bonchev–Trinajstić information content (AvgIpc) is 3.19. The Morgan fingerprint density at radius 2 is 1.92 bits per heavy atom. The highest BCUT2D eigenvalue weighted by molar-refractivity contribution is 8.18. The van der Waals surface area contributed by atoms with E-state index in [4.69, 9.17) is 0 Å². The van der Waals surface area contributed by atoms with Crippen molar-refractivity contribution >= 4 is 34.7 Å². The zero-order valence-corrected chi connectivity index (χ0v) is 14.8. The molecule has 0 spiro atoms. The Bertz CT molecular complexity index is 967. The number of carbonyl (C=O) groups excluding carboxylic acids is 2. The molecule has 2 aliphatic rings. The molecular formula is C21H16N2O2S. The van der Waals surface area contributed by atoms with Gasteiger partial charge in [-0.15, -0.1) is 0 Å². The van der Waals surface area contributed by atoms with Crippen molar-refractivity contribution in [2.45, 2.75) is 6.42 Å². The molecule has 0 atom stereocenters. The zero-order valence-electron chi connectivity index (χ0n) is 14.0. The number of nitrogens with one attached hydrogen (secondary N) is 1. The lowest BCUT2D eigenvalue weighted by molar-refractivity contribution is -0.115. The monoisotopic (exact) mass is 360 g/mol. The van der Waals surface area contributed by atoms with E-state index in [2.05, 4.69) is 46.3 Å². The third-order valence-electron chi connectivity index (χ3n) is 4.34. The number of fused-ring (bicyclic) bond motifs is 1. The Morgan fingerprint density at radius 3 is 2.69 bits per heavy atom. The molecule has 0 unspecified atom stereocenters. The number of carbonyl (C=O) groups is 2. The molecule has 0 aliphatic carbocycles. The number of thioether (sulfide) groups is 1. The summed E-state index contributed by atoms with van der Waals surface area (Å²) in [7, 11) is 0. The molecule has 0 aromatic heterocycles. The zero-order chi connectivity index (χ0) is 17.9. The third-order valence-corrected chi connectivity index (χ3v) is 5.15.